The van der Waals surface area contributed by atoms with Gasteiger partial charge in [0.05, 0.1) is 0 Å². The fourth-order valence-corrected chi connectivity index (χ4v) is 8.13. The summed E-state index contributed by atoms with van der Waals surface area (Å²) in [6.45, 7) is 6.58. The highest BCUT2D eigenvalue weighted by atomic mass is 16.6. The zero-order chi connectivity index (χ0) is 48.6. The van der Waals surface area contributed by atoms with Crippen LogP contribution >= 0.6 is 0 Å². The standard InChI is InChI=1S/C61H108O6/c1-4-7-10-13-16-19-22-25-27-29-31-33-36-39-42-45-48-51-54-60(63)66-57-58(56-65-59(62)53-50-47-44-41-38-35-24-21-18-15-12-9-6-3)67-61(64)55-52-49-46-43-40-37-34-32-30-28-26-23-20-17-14-11-8-5-2/h27,29,31-35,38,44,47,58H,4-26,28,30,36-37,39-43,45-46,48-57H2,1-3H3/b29-27-,33-31-,34-32-,38-35-,47-44-. The molecule has 1 unspecified atom stereocenters. The van der Waals surface area contributed by atoms with E-state index in [1.165, 1.54) is 161 Å². The molecule has 67 heavy (non-hydrogen) atoms. The van der Waals surface area contributed by atoms with Gasteiger partial charge >= 0.3 is 17.9 Å². The van der Waals surface area contributed by atoms with Crippen molar-refractivity contribution in [2.75, 3.05) is 13.2 Å². The topological polar surface area (TPSA) is 78.9 Å². The lowest BCUT2D eigenvalue weighted by molar-refractivity contribution is -0.166. The molecule has 0 aromatic carbocycles. The van der Waals surface area contributed by atoms with Gasteiger partial charge in [-0.2, -0.15) is 0 Å². The maximum absolute atomic E-state index is 12.8. The van der Waals surface area contributed by atoms with Gasteiger partial charge in [0.1, 0.15) is 13.2 Å². The van der Waals surface area contributed by atoms with Crippen LogP contribution in [0.4, 0.5) is 0 Å². The predicted molar refractivity (Wildman–Crippen MR) is 288 cm³/mol. The average molecular weight is 938 g/mol. The van der Waals surface area contributed by atoms with Crippen LogP contribution < -0.4 is 0 Å². The Morgan fingerprint density at radius 2 is 0.612 bits per heavy atom. The monoisotopic (exact) mass is 937 g/mol. The summed E-state index contributed by atoms with van der Waals surface area (Å²) in [5.74, 6) is -0.985. The van der Waals surface area contributed by atoms with Crippen LogP contribution in [0.25, 0.3) is 0 Å². The number of hydrogen-bond donors (Lipinski definition) is 0. The molecular formula is C61H108O6. The highest BCUT2D eigenvalue weighted by molar-refractivity contribution is 5.71. The maximum Gasteiger partial charge on any atom is 0.306 e. The van der Waals surface area contributed by atoms with Crippen LogP contribution in [0.15, 0.2) is 60.8 Å². The number of esters is 3. The molecule has 0 aliphatic heterocycles. The molecule has 0 saturated carbocycles. The van der Waals surface area contributed by atoms with Gasteiger partial charge in [-0.05, 0) is 89.9 Å². The Balaban J connectivity index is 4.44. The highest BCUT2D eigenvalue weighted by Gasteiger charge is 2.19. The molecule has 0 rings (SSSR count). The molecule has 0 aromatic rings. The van der Waals surface area contributed by atoms with E-state index in [4.69, 9.17) is 14.2 Å². The minimum absolute atomic E-state index is 0.102. The summed E-state index contributed by atoms with van der Waals surface area (Å²) in [4.78, 5) is 38.1. The van der Waals surface area contributed by atoms with Crippen molar-refractivity contribution >= 4 is 17.9 Å². The number of rotatable bonds is 52. The first-order valence-electron chi connectivity index (χ1n) is 28.8. The molecule has 0 saturated heterocycles. The summed E-state index contributed by atoms with van der Waals surface area (Å²) in [5.41, 5.74) is 0. The lowest BCUT2D eigenvalue weighted by Crippen LogP contribution is -2.30. The van der Waals surface area contributed by atoms with E-state index in [0.29, 0.717) is 19.3 Å². The van der Waals surface area contributed by atoms with Gasteiger partial charge in [-0.15, -0.1) is 0 Å². The second kappa shape index (κ2) is 55.7. The van der Waals surface area contributed by atoms with E-state index in [0.717, 1.165) is 83.5 Å². The van der Waals surface area contributed by atoms with Crippen molar-refractivity contribution in [3.63, 3.8) is 0 Å². The lowest BCUT2D eigenvalue weighted by atomic mass is 10.1. The van der Waals surface area contributed by atoms with Gasteiger partial charge in [-0.25, -0.2) is 0 Å². The van der Waals surface area contributed by atoms with Crippen LogP contribution in [0.1, 0.15) is 290 Å². The van der Waals surface area contributed by atoms with Crippen molar-refractivity contribution in [1.29, 1.82) is 0 Å². The van der Waals surface area contributed by atoms with E-state index in [9.17, 15) is 14.4 Å². The molecule has 0 bridgehead atoms. The number of carbonyl (C=O) groups excluding carboxylic acids is 3. The Hall–Kier alpha value is -2.89. The lowest BCUT2D eigenvalue weighted by Gasteiger charge is -2.18. The highest BCUT2D eigenvalue weighted by Crippen LogP contribution is 2.15. The molecular weight excluding hydrogens is 829 g/mol. The smallest absolute Gasteiger partial charge is 0.306 e. The van der Waals surface area contributed by atoms with Gasteiger partial charge in [-0.1, -0.05) is 242 Å². The molecule has 0 aromatic heterocycles. The number of unbranched alkanes of at least 4 members (excludes halogenated alkanes) is 32. The Labute approximate surface area is 415 Å². The number of ether oxygens (including phenoxy) is 3. The predicted octanol–water partition coefficient (Wildman–Crippen LogP) is 19.2. The summed E-state index contributed by atoms with van der Waals surface area (Å²) in [5, 5.41) is 0. The molecule has 0 heterocycles. The van der Waals surface area contributed by atoms with Crippen molar-refractivity contribution in [3.8, 4) is 0 Å². The van der Waals surface area contributed by atoms with Crippen molar-refractivity contribution in [2.45, 2.75) is 297 Å². The molecule has 6 heteroatoms. The van der Waals surface area contributed by atoms with Gasteiger partial charge in [0.15, 0.2) is 6.10 Å². The molecule has 6 nitrogen and oxygen atoms in total. The van der Waals surface area contributed by atoms with E-state index in [2.05, 4.69) is 75.5 Å². The summed E-state index contributed by atoms with van der Waals surface area (Å²) in [6.07, 6.45) is 69.4. The Morgan fingerprint density at radius 3 is 1.01 bits per heavy atom. The van der Waals surface area contributed by atoms with E-state index in [1.54, 1.807) is 0 Å². The molecule has 0 aliphatic rings. The zero-order valence-electron chi connectivity index (χ0n) is 44.4. The third-order valence-electron chi connectivity index (χ3n) is 12.5. The number of hydrogen-bond acceptors (Lipinski definition) is 6. The first kappa shape index (κ1) is 64.1. The van der Waals surface area contributed by atoms with E-state index >= 15 is 0 Å². The number of carbonyl (C=O) groups is 3. The Bertz CT molecular complexity index is 1210. The van der Waals surface area contributed by atoms with Gasteiger partial charge in [0, 0.05) is 19.3 Å². The van der Waals surface area contributed by atoms with E-state index < -0.39 is 6.10 Å². The minimum Gasteiger partial charge on any atom is -0.462 e. The summed E-state index contributed by atoms with van der Waals surface area (Å²) in [6, 6.07) is 0. The van der Waals surface area contributed by atoms with Crippen molar-refractivity contribution in [2.24, 2.45) is 0 Å². The molecule has 1 atom stereocenters. The van der Waals surface area contributed by atoms with Crippen LogP contribution in [0.5, 0.6) is 0 Å². The summed E-state index contributed by atoms with van der Waals surface area (Å²) in [7, 11) is 0. The molecule has 0 N–H and O–H groups in total. The van der Waals surface area contributed by atoms with E-state index in [-0.39, 0.29) is 37.5 Å². The second-order valence-electron chi connectivity index (χ2n) is 19.2. The van der Waals surface area contributed by atoms with Gasteiger partial charge in [-0.3, -0.25) is 14.4 Å². The van der Waals surface area contributed by atoms with Crippen molar-refractivity contribution in [3.05, 3.63) is 60.8 Å². The van der Waals surface area contributed by atoms with Gasteiger partial charge in [0.25, 0.3) is 0 Å². The molecule has 0 spiro atoms. The van der Waals surface area contributed by atoms with E-state index in [1.807, 2.05) is 6.08 Å². The number of allylic oxidation sites excluding steroid dienone is 10. The fourth-order valence-electron chi connectivity index (χ4n) is 8.13. The van der Waals surface area contributed by atoms with Crippen LogP contribution in [-0.4, -0.2) is 37.2 Å². The molecule has 0 fully saturated rings. The molecule has 0 aliphatic carbocycles. The minimum atomic E-state index is -0.807. The first-order chi connectivity index (χ1) is 33.0. The maximum atomic E-state index is 12.8. The largest absolute Gasteiger partial charge is 0.462 e. The third-order valence-corrected chi connectivity index (χ3v) is 12.5. The van der Waals surface area contributed by atoms with Gasteiger partial charge in [0.2, 0.25) is 0 Å². The Kier molecular flexibility index (Phi) is 53.3. The first-order valence-corrected chi connectivity index (χ1v) is 28.8. The average Bonchev–Trinajstić information content (AvgIpc) is 3.33. The van der Waals surface area contributed by atoms with Crippen LogP contribution in [0, 0.1) is 0 Å². The van der Waals surface area contributed by atoms with Crippen molar-refractivity contribution < 1.29 is 28.6 Å². The van der Waals surface area contributed by atoms with Crippen LogP contribution in [0.2, 0.25) is 0 Å². The molecule has 0 radical (unpaired) electrons. The van der Waals surface area contributed by atoms with Gasteiger partial charge < -0.3 is 14.2 Å². The van der Waals surface area contributed by atoms with Crippen molar-refractivity contribution in [1.82, 2.24) is 0 Å². The zero-order valence-corrected chi connectivity index (χ0v) is 44.4. The summed E-state index contributed by atoms with van der Waals surface area (Å²) < 4.78 is 16.8. The Morgan fingerprint density at radius 1 is 0.313 bits per heavy atom. The quantitative estimate of drug-likeness (QED) is 0.0199. The summed E-state index contributed by atoms with van der Waals surface area (Å²) >= 11 is 0. The SMILES string of the molecule is CCCCCCCC/C=C\C/C=C\CCC(=O)OCC(COC(=O)CCCCCCC/C=C\C=C/CCCCCCCCC)OC(=O)CCCCCCC/C=C\CCCCCCCCCCC. The fraction of sp³-hybridized carbons (Fsp3) is 0.787. The van der Waals surface area contributed by atoms with Crippen LogP contribution in [-0.2, 0) is 28.6 Å². The second-order valence-corrected chi connectivity index (χ2v) is 19.2. The molecule has 0 amide bonds. The molecule has 388 valence electrons. The third kappa shape index (κ3) is 53.9. The normalized spacial score (nSPS) is 12.5. The van der Waals surface area contributed by atoms with Crippen LogP contribution in [0.3, 0.4) is 0 Å².